The maximum atomic E-state index is 14.4. The molecular formula is C110H125BrCl5F6N7O11Sn2. The Balaban J connectivity index is 0.000000225. The maximum absolute atomic E-state index is 14.4. The third-order valence-corrected chi connectivity index (χ3v) is 57.1. The number of morpholine rings is 1. The van der Waals surface area contributed by atoms with Crippen LogP contribution in [0.1, 0.15) is 193 Å². The van der Waals surface area contributed by atoms with Crippen molar-refractivity contribution in [3.63, 3.8) is 0 Å². The number of hydrogen-bond acceptors (Lipinski definition) is 17. The minimum absolute atomic E-state index is 0.0211. The molecule has 12 aromatic rings. The van der Waals surface area contributed by atoms with Crippen LogP contribution in [0.3, 0.4) is 0 Å². The number of aryl methyl sites for hydroxylation is 2. The van der Waals surface area contributed by atoms with Gasteiger partial charge in [0.1, 0.15) is 51.2 Å². The number of nitrogens with two attached hydrogens (primary N) is 1. The summed E-state index contributed by atoms with van der Waals surface area (Å²) in [5.74, 6) is -2.08. The Hall–Kier alpha value is -9.82. The number of rotatable bonds is 32. The van der Waals surface area contributed by atoms with Crippen LogP contribution in [0.4, 0.5) is 37.7 Å². The molecule has 1 saturated heterocycles. The topological polar surface area (TPSA) is 225 Å². The van der Waals surface area contributed by atoms with E-state index >= 15 is 0 Å². The van der Waals surface area contributed by atoms with Crippen molar-refractivity contribution in [1.82, 2.24) is 24.8 Å². The molecule has 2 aliphatic rings. The van der Waals surface area contributed by atoms with Gasteiger partial charge in [-0.1, -0.05) is 107 Å². The summed E-state index contributed by atoms with van der Waals surface area (Å²) < 4.78 is 123. The molecular weight excluding hydrogens is 2200 g/mol. The molecule has 1 amide bonds. The zero-order valence-electron chi connectivity index (χ0n) is 82.5. The fraction of sp³-hybridized carbons (Fsp3) is 0.336. The molecule has 0 saturated carbocycles. The van der Waals surface area contributed by atoms with E-state index in [9.17, 15) is 50.3 Å². The van der Waals surface area contributed by atoms with E-state index in [2.05, 4.69) is 121 Å². The quantitative estimate of drug-likeness (QED) is 0.00787. The fourth-order valence-electron chi connectivity index (χ4n) is 16.3. The molecule has 0 spiro atoms. The summed E-state index contributed by atoms with van der Waals surface area (Å²) in [6.07, 6.45) is 15.6. The minimum atomic E-state index is -2.53. The molecule has 0 bridgehead atoms. The van der Waals surface area contributed by atoms with Crippen LogP contribution < -0.4 is 27.3 Å². The Morgan fingerprint density at radius 1 is 0.451 bits per heavy atom. The third kappa shape index (κ3) is 35.0. The Labute approximate surface area is 872 Å². The monoisotopic (exact) mass is 2330 g/mol. The zero-order chi connectivity index (χ0) is 104. The second-order valence-corrected chi connectivity index (χ2v) is 62.6. The standard InChI is InChI=1S/C22H18ClFN2O3.C14H9ClFNO3.C14H11ClFNO2.C10H14N2O.C8H7Cl2NO2.C6H4BrF.2C6H4F.6C4H9.2Sn/c1-28-14-8-7-13(20(9-14)29-2)11-26-12-19-21(22(26)27)16(23)10-18(25-19)15-5-3-4-6-17(15)24;1-20-14(19)13-9(15)6-11(17-12(13)7-18)8-4-2-3-5-10(8)16;1-8-13(14(18)19-2)10(15)7-12(17-8)9-5-3-4-6-11(9)16;11-9-1-3-10(4-2-9)12-5-7-13-8-6-12;1-4-7(8(12)13-2)5(9)3-6(10)11-4;7-5-3-1-2-4-6(5)8;2*7-6-4-2-1-3-5-6;6*1-3-4-2;;/h3-10H,11-12H2,1-2H3;2-7H,1H3;3-7H,1-2H3;1-4H,5-8,11H2;3H,1-2H3;1-4H;2*1-4H;6*1,3-4H2,2H3;;. The van der Waals surface area contributed by atoms with E-state index in [1.165, 1.54) is 191 Å². The van der Waals surface area contributed by atoms with Gasteiger partial charge < -0.3 is 44.0 Å². The van der Waals surface area contributed by atoms with Crippen LogP contribution in [0.5, 0.6) is 11.5 Å². The van der Waals surface area contributed by atoms with Crippen molar-refractivity contribution in [3.8, 4) is 45.3 Å². The van der Waals surface area contributed by atoms with Gasteiger partial charge in [-0.3, -0.25) is 14.6 Å². The average molecular weight is 2330 g/mol. The number of carbonyl (C=O) groups is 5. The van der Waals surface area contributed by atoms with Crippen LogP contribution in [0.25, 0.3) is 33.8 Å². The molecule has 142 heavy (non-hydrogen) atoms. The molecule has 2 N–H and O–H groups in total. The number of pyridine rings is 4. The van der Waals surface area contributed by atoms with Gasteiger partial charge >= 0.3 is 276 Å². The summed E-state index contributed by atoms with van der Waals surface area (Å²) in [5, 5.41) is 0.951. The molecule has 32 heteroatoms. The van der Waals surface area contributed by atoms with Crippen molar-refractivity contribution in [1.29, 1.82) is 0 Å². The SMILES string of the molecule is CCC[CH2][Sn]([CH2]CCC)([CH2]CCC)[c]1ccccc1F.CCC[CH2][Sn]([CH2]CCC)([CH2]CCC)[c]1ccccc1F.COC(=O)c1c(Cl)cc(-c2ccccc2F)nc1C.COC(=O)c1c(Cl)cc(-c2ccccc2F)nc1C=O.COC(=O)c1c(Cl)cc(Cl)nc1C.COc1ccc(CN2Cc3nc(-c4ccccc4F)cc(Cl)c3C2=O)c(OC)c1.Fc1ccccc1Br.Nc1ccc(N2CCOCC2)cc1. The smallest absolute Gasteiger partial charge is 0.341 e. The van der Waals surface area contributed by atoms with E-state index < -0.39 is 66.3 Å². The predicted molar refractivity (Wildman–Crippen MR) is 570 cm³/mol. The van der Waals surface area contributed by atoms with Gasteiger partial charge in [0.25, 0.3) is 5.91 Å². The summed E-state index contributed by atoms with van der Waals surface area (Å²) in [4.78, 5) is 78.8. The first-order chi connectivity index (χ1) is 68.2. The Morgan fingerprint density at radius 2 is 0.831 bits per heavy atom. The number of unbranched alkanes of at least 4 members (excludes halogenated alkanes) is 6. The number of anilines is 2. The van der Waals surface area contributed by atoms with Gasteiger partial charge in [0.2, 0.25) is 0 Å². The van der Waals surface area contributed by atoms with Crippen molar-refractivity contribution in [2.75, 3.05) is 72.5 Å². The summed E-state index contributed by atoms with van der Waals surface area (Å²) in [6, 6.07) is 59.5. The number of ether oxygens (including phenoxy) is 6. The number of esters is 3. The van der Waals surface area contributed by atoms with Crippen molar-refractivity contribution < 1.29 is 78.7 Å². The van der Waals surface area contributed by atoms with Crippen LogP contribution >= 0.6 is 73.9 Å². The van der Waals surface area contributed by atoms with E-state index in [1.807, 2.05) is 48.5 Å². The minimum Gasteiger partial charge on any atom is -0.497 e. The number of nitrogens with zero attached hydrogens (tertiary/aromatic N) is 6. The first-order valence-corrected chi connectivity index (χ1v) is 64.8. The van der Waals surface area contributed by atoms with Gasteiger partial charge in [0.15, 0.2) is 6.29 Å². The maximum Gasteiger partial charge on any atom is 0.341 e. The molecule has 758 valence electrons. The zero-order valence-corrected chi connectivity index (χ0v) is 93.6. The molecule has 6 heterocycles. The molecule has 0 atom stereocenters. The van der Waals surface area contributed by atoms with Gasteiger partial charge in [0.05, 0.1) is 137 Å². The number of aromatic nitrogens is 4. The van der Waals surface area contributed by atoms with Gasteiger partial charge in [-0.15, -0.1) is 0 Å². The van der Waals surface area contributed by atoms with Gasteiger partial charge in [-0.25, -0.2) is 46.9 Å². The summed E-state index contributed by atoms with van der Waals surface area (Å²) in [5.41, 5.74) is 12.2. The Kier molecular flexibility index (Phi) is 52.1. The average Bonchev–Trinajstić information content (AvgIpc) is 1.60. The van der Waals surface area contributed by atoms with Crippen molar-refractivity contribution in [2.24, 2.45) is 0 Å². The second-order valence-electron chi connectivity index (χ2n) is 33.5. The molecule has 0 unspecified atom stereocenters. The molecule has 1 fully saturated rings. The summed E-state index contributed by atoms with van der Waals surface area (Å²) in [6.45, 7) is 21.0. The number of aldehydes is 1. The van der Waals surface area contributed by atoms with Crippen LogP contribution in [0.2, 0.25) is 51.9 Å². The molecule has 2 aliphatic heterocycles. The molecule has 0 aliphatic carbocycles. The predicted octanol–water partition coefficient (Wildman–Crippen LogP) is 29.4. The van der Waals surface area contributed by atoms with E-state index in [0.29, 0.717) is 74.0 Å². The Bertz CT molecular complexity index is 5920. The number of hydrogen-bond donors (Lipinski definition) is 1. The second kappa shape index (κ2) is 62.1. The third-order valence-electron chi connectivity index (χ3n) is 23.8. The molecule has 4 aromatic heterocycles. The fourth-order valence-corrected chi connectivity index (χ4v) is 50.5. The summed E-state index contributed by atoms with van der Waals surface area (Å²) >= 11 is 27.8. The number of nitrogen functional groups attached to an aromatic ring is 1. The number of methoxy groups -OCH3 is 5. The van der Waals surface area contributed by atoms with Crippen molar-refractivity contribution >= 4 is 159 Å². The van der Waals surface area contributed by atoms with Gasteiger partial charge in [-0.2, -0.15) is 0 Å². The normalized spacial score (nSPS) is 11.8. The van der Waals surface area contributed by atoms with E-state index in [1.54, 1.807) is 112 Å². The summed E-state index contributed by atoms with van der Waals surface area (Å²) in [7, 11) is 6.86. The first kappa shape index (κ1) is 119. The van der Waals surface area contributed by atoms with Gasteiger partial charge in [0, 0.05) is 52.8 Å². The number of amides is 1. The number of halogens is 12. The molecule has 8 aromatic carbocycles. The van der Waals surface area contributed by atoms with Crippen LogP contribution in [-0.2, 0) is 32.0 Å². The van der Waals surface area contributed by atoms with E-state index in [4.69, 9.17) is 77.9 Å². The van der Waals surface area contributed by atoms with Crippen molar-refractivity contribution in [2.45, 2.75) is 172 Å². The van der Waals surface area contributed by atoms with E-state index in [-0.39, 0.29) is 94.6 Å². The van der Waals surface area contributed by atoms with Gasteiger partial charge in [-0.05, 0) is 139 Å². The number of fused-ring (bicyclic) bond motifs is 1. The van der Waals surface area contributed by atoms with Crippen LogP contribution in [-0.4, -0.2) is 154 Å². The molecule has 18 nitrogen and oxygen atoms in total. The number of benzene rings is 8. The van der Waals surface area contributed by atoms with Crippen LogP contribution in [0.15, 0.2) is 217 Å². The van der Waals surface area contributed by atoms with E-state index in [0.717, 1.165) is 44.7 Å². The molecule has 14 rings (SSSR count). The molecule has 0 radical (unpaired) electrons. The first-order valence-electron chi connectivity index (χ1n) is 47.2. The van der Waals surface area contributed by atoms with Crippen molar-refractivity contribution in [3.05, 3.63) is 328 Å². The number of carbonyl (C=O) groups excluding carboxylic acids is 5. The Morgan fingerprint density at radius 3 is 1.21 bits per heavy atom. The van der Waals surface area contributed by atoms with Crippen LogP contribution in [0, 0.1) is 48.8 Å². The largest absolute Gasteiger partial charge is 0.497 e.